The molecule has 0 spiro atoms. The Bertz CT molecular complexity index is 991. The largest absolute Gasteiger partial charge is 0.350 e. The minimum Gasteiger partial charge on any atom is -0.350 e. The number of benzene rings is 2. The van der Waals surface area contributed by atoms with Gasteiger partial charge in [-0.05, 0) is 11.6 Å². The van der Waals surface area contributed by atoms with Gasteiger partial charge in [0.2, 0.25) is 5.91 Å². The number of para-hydroxylation sites is 1. The van der Waals surface area contributed by atoms with Gasteiger partial charge in [0.25, 0.3) is 5.91 Å². The van der Waals surface area contributed by atoms with Gasteiger partial charge in [0.1, 0.15) is 0 Å². The average Bonchev–Trinajstić information content (AvgIpc) is 3.32. The van der Waals surface area contributed by atoms with Gasteiger partial charge in [-0.3, -0.25) is 14.7 Å². The third-order valence-electron chi connectivity index (χ3n) is 5.26. The van der Waals surface area contributed by atoms with E-state index in [1.54, 1.807) is 4.90 Å². The summed E-state index contributed by atoms with van der Waals surface area (Å²) in [6.45, 7) is 1.42. The Morgan fingerprint density at radius 1 is 1.10 bits per heavy atom. The zero-order valence-electron chi connectivity index (χ0n) is 15.9. The smallest absolute Gasteiger partial charge is 0.272 e. The van der Waals surface area contributed by atoms with E-state index in [0.29, 0.717) is 18.8 Å². The van der Waals surface area contributed by atoms with Gasteiger partial charge in [0, 0.05) is 43.4 Å². The fourth-order valence-electron chi connectivity index (χ4n) is 3.75. The summed E-state index contributed by atoms with van der Waals surface area (Å²) in [7, 11) is 0. The summed E-state index contributed by atoms with van der Waals surface area (Å²) in [4.78, 5) is 26.7. The minimum absolute atomic E-state index is 0. The summed E-state index contributed by atoms with van der Waals surface area (Å²) in [5, 5.41) is 10.5. The van der Waals surface area contributed by atoms with E-state index in [1.807, 2.05) is 54.6 Å². The Labute approximate surface area is 175 Å². The molecule has 4 N–H and O–H groups in total. The molecule has 4 rings (SSSR count). The lowest BCUT2D eigenvalue weighted by Gasteiger charge is -2.16. The number of halogens is 1. The Morgan fingerprint density at radius 3 is 2.62 bits per heavy atom. The lowest BCUT2D eigenvalue weighted by atomic mass is 9.95. The molecular formula is C21H24ClN5O2. The molecule has 0 saturated carbocycles. The van der Waals surface area contributed by atoms with Crippen LogP contribution in [0.1, 0.15) is 28.4 Å². The van der Waals surface area contributed by atoms with Gasteiger partial charge in [-0.25, -0.2) is 0 Å². The fourth-order valence-corrected chi connectivity index (χ4v) is 3.75. The van der Waals surface area contributed by atoms with E-state index >= 15 is 0 Å². The maximum atomic E-state index is 12.5. The molecule has 1 aliphatic rings. The quantitative estimate of drug-likeness (QED) is 0.595. The topological polar surface area (TPSA) is 104 Å². The first-order chi connectivity index (χ1) is 13.6. The van der Waals surface area contributed by atoms with E-state index in [2.05, 4.69) is 15.5 Å². The maximum Gasteiger partial charge on any atom is 0.272 e. The molecule has 2 aromatic carbocycles. The average molecular weight is 414 g/mol. The van der Waals surface area contributed by atoms with Gasteiger partial charge >= 0.3 is 0 Å². The van der Waals surface area contributed by atoms with Gasteiger partial charge in [-0.1, -0.05) is 48.5 Å². The van der Waals surface area contributed by atoms with Gasteiger partial charge in [-0.15, -0.1) is 12.4 Å². The summed E-state index contributed by atoms with van der Waals surface area (Å²) in [5.41, 5.74) is 8.56. The van der Waals surface area contributed by atoms with Crippen LogP contribution in [0.5, 0.6) is 0 Å². The predicted octanol–water partition coefficient (Wildman–Crippen LogP) is 2.06. The summed E-state index contributed by atoms with van der Waals surface area (Å²) >= 11 is 0. The van der Waals surface area contributed by atoms with E-state index in [0.717, 1.165) is 16.5 Å². The summed E-state index contributed by atoms with van der Waals surface area (Å²) in [6, 6.07) is 17.4. The number of nitrogens with two attached hydrogens (primary N) is 1. The number of H-pyrrole nitrogens is 1. The molecule has 0 bridgehead atoms. The second kappa shape index (κ2) is 9.07. The number of carbonyl (C=O) groups is 2. The maximum absolute atomic E-state index is 12.5. The van der Waals surface area contributed by atoms with Gasteiger partial charge in [0.05, 0.1) is 5.52 Å². The van der Waals surface area contributed by atoms with Crippen LogP contribution in [0.4, 0.5) is 0 Å². The molecule has 1 fully saturated rings. The van der Waals surface area contributed by atoms with Crippen molar-refractivity contribution in [1.29, 1.82) is 0 Å². The number of fused-ring (bicyclic) bond motifs is 1. The number of nitrogens with zero attached hydrogens (tertiary/aromatic N) is 2. The first-order valence-electron chi connectivity index (χ1n) is 9.43. The zero-order valence-corrected chi connectivity index (χ0v) is 16.7. The van der Waals surface area contributed by atoms with Crippen LogP contribution in [0.2, 0.25) is 0 Å². The van der Waals surface area contributed by atoms with Crippen LogP contribution in [0.3, 0.4) is 0 Å². The van der Waals surface area contributed by atoms with Crippen molar-refractivity contribution in [3.05, 3.63) is 65.9 Å². The molecule has 2 atom stereocenters. The standard InChI is InChI=1S/C21H23N5O2.ClH/c22-17-13-26(12-16(17)14-6-2-1-3-7-14)19(27)10-11-23-21(28)20-15-8-4-5-9-18(15)24-25-20;/h1-9,16-17H,10-13,22H2,(H,23,28)(H,24,25);1H/t16-,17+;/m0./s1. The van der Waals surface area contributed by atoms with Crippen molar-refractivity contribution < 1.29 is 9.59 Å². The van der Waals surface area contributed by atoms with Crippen molar-refractivity contribution >= 4 is 35.1 Å². The van der Waals surface area contributed by atoms with Crippen molar-refractivity contribution in [3.8, 4) is 0 Å². The molecule has 29 heavy (non-hydrogen) atoms. The number of aromatic amines is 1. The molecule has 1 aliphatic heterocycles. The summed E-state index contributed by atoms with van der Waals surface area (Å²) in [5.74, 6) is -0.137. The van der Waals surface area contributed by atoms with E-state index in [-0.39, 0.29) is 49.1 Å². The SMILES string of the molecule is Cl.N[C@@H]1CN(C(=O)CCNC(=O)c2n[nH]c3ccccc23)C[C@H]1c1ccccc1. The first-order valence-corrected chi connectivity index (χ1v) is 9.43. The molecule has 0 aliphatic carbocycles. The van der Waals surface area contributed by atoms with Crippen LogP contribution in [-0.4, -0.2) is 52.6 Å². The lowest BCUT2D eigenvalue weighted by molar-refractivity contribution is -0.130. The molecule has 2 amide bonds. The number of hydrogen-bond donors (Lipinski definition) is 3. The van der Waals surface area contributed by atoms with Crippen LogP contribution >= 0.6 is 12.4 Å². The van der Waals surface area contributed by atoms with Gasteiger partial charge in [-0.2, -0.15) is 5.10 Å². The first kappa shape index (κ1) is 20.8. The molecule has 1 aromatic heterocycles. The molecule has 3 aromatic rings. The van der Waals surface area contributed by atoms with Crippen LogP contribution in [-0.2, 0) is 4.79 Å². The molecule has 0 radical (unpaired) electrons. The van der Waals surface area contributed by atoms with Crippen molar-refractivity contribution in [2.45, 2.75) is 18.4 Å². The second-order valence-electron chi connectivity index (χ2n) is 7.10. The number of amides is 2. The van der Waals surface area contributed by atoms with Crippen LogP contribution in [0.15, 0.2) is 54.6 Å². The molecular weight excluding hydrogens is 390 g/mol. The summed E-state index contributed by atoms with van der Waals surface area (Å²) < 4.78 is 0. The predicted molar refractivity (Wildman–Crippen MR) is 114 cm³/mol. The van der Waals surface area contributed by atoms with Crippen LogP contribution < -0.4 is 11.1 Å². The van der Waals surface area contributed by atoms with Crippen LogP contribution in [0.25, 0.3) is 10.9 Å². The number of carbonyl (C=O) groups excluding carboxylic acids is 2. The van der Waals surface area contributed by atoms with Gasteiger partial charge < -0.3 is 16.0 Å². The third-order valence-corrected chi connectivity index (χ3v) is 5.26. The highest BCUT2D eigenvalue weighted by atomic mass is 35.5. The van der Waals surface area contributed by atoms with E-state index in [4.69, 9.17) is 5.73 Å². The number of nitrogens with one attached hydrogen (secondary N) is 2. The van der Waals surface area contributed by atoms with Crippen LogP contribution in [0, 0.1) is 0 Å². The Kier molecular flexibility index (Phi) is 6.51. The number of aromatic nitrogens is 2. The van der Waals surface area contributed by atoms with E-state index < -0.39 is 0 Å². The Balaban J connectivity index is 0.00000240. The van der Waals surface area contributed by atoms with Crippen molar-refractivity contribution in [3.63, 3.8) is 0 Å². The Hall–Kier alpha value is -2.90. The highest BCUT2D eigenvalue weighted by Gasteiger charge is 2.33. The number of likely N-dealkylation sites (tertiary alicyclic amines) is 1. The van der Waals surface area contributed by atoms with E-state index in [9.17, 15) is 9.59 Å². The van der Waals surface area contributed by atoms with Crippen molar-refractivity contribution in [2.75, 3.05) is 19.6 Å². The zero-order chi connectivity index (χ0) is 19.5. The molecule has 8 heteroatoms. The summed E-state index contributed by atoms with van der Waals surface area (Å²) in [6.07, 6.45) is 0.238. The second-order valence-corrected chi connectivity index (χ2v) is 7.10. The molecule has 152 valence electrons. The fraction of sp³-hybridized carbons (Fsp3) is 0.286. The Morgan fingerprint density at radius 2 is 1.83 bits per heavy atom. The highest BCUT2D eigenvalue weighted by Crippen LogP contribution is 2.26. The molecule has 7 nitrogen and oxygen atoms in total. The molecule has 0 unspecified atom stereocenters. The van der Waals surface area contributed by atoms with Crippen molar-refractivity contribution in [1.82, 2.24) is 20.4 Å². The van der Waals surface area contributed by atoms with E-state index in [1.165, 1.54) is 0 Å². The number of hydrogen-bond acceptors (Lipinski definition) is 4. The lowest BCUT2D eigenvalue weighted by Crippen LogP contribution is -2.35. The molecule has 1 saturated heterocycles. The highest BCUT2D eigenvalue weighted by molar-refractivity contribution is 6.04. The minimum atomic E-state index is -0.287. The van der Waals surface area contributed by atoms with Gasteiger partial charge in [0.15, 0.2) is 5.69 Å². The molecule has 2 heterocycles. The number of rotatable bonds is 5. The third kappa shape index (κ3) is 4.41. The normalized spacial score (nSPS) is 18.4. The van der Waals surface area contributed by atoms with Crippen molar-refractivity contribution in [2.24, 2.45) is 5.73 Å². The monoisotopic (exact) mass is 413 g/mol.